The minimum atomic E-state index is -1.48. The lowest BCUT2D eigenvalue weighted by molar-refractivity contribution is -0.156. The first-order valence-electron chi connectivity index (χ1n) is 9.68. The highest BCUT2D eigenvalue weighted by molar-refractivity contribution is 5.95. The molecule has 0 aliphatic carbocycles. The van der Waals surface area contributed by atoms with E-state index >= 15 is 0 Å². The van der Waals surface area contributed by atoms with Crippen molar-refractivity contribution in [1.29, 1.82) is 0 Å². The lowest BCUT2D eigenvalue weighted by Crippen LogP contribution is -2.31. The maximum Gasteiger partial charge on any atom is 0.512 e. The fraction of sp³-hybridized carbons (Fsp3) is 0.273. The van der Waals surface area contributed by atoms with Gasteiger partial charge >= 0.3 is 6.16 Å². The Bertz CT molecular complexity index is 1140. The van der Waals surface area contributed by atoms with Crippen molar-refractivity contribution in [3.05, 3.63) is 59.9 Å². The average Bonchev–Trinajstić information content (AvgIpc) is 3.26. The first-order chi connectivity index (χ1) is 14.8. The molecule has 4 rings (SSSR count). The van der Waals surface area contributed by atoms with Crippen molar-refractivity contribution in [3.63, 3.8) is 0 Å². The summed E-state index contributed by atoms with van der Waals surface area (Å²) < 4.78 is 31.5. The summed E-state index contributed by atoms with van der Waals surface area (Å²) in [5.74, 6) is -1.58. The fourth-order valence-electron chi connectivity index (χ4n) is 3.61. The molecule has 2 heterocycles. The Morgan fingerprint density at radius 2 is 1.94 bits per heavy atom. The van der Waals surface area contributed by atoms with E-state index in [9.17, 15) is 14.0 Å². The standard InChI is InChI=1S/C22H21FN2O6/c1-22(29-8-9-30-22)12-19(26)24-16-6-7-18-15(10-16)11-20(31-21(27)28)25(18)13-14-4-2-3-5-17(14)23/h2-7,10-11H,8-9,12-13H2,1H3,(H,24,26)(H,27,28). The molecule has 1 aliphatic rings. The number of hydrogen-bond donors (Lipinski definition) is 2. The molecule has 1 saturated heterocycles. The number of aromatic nitrogens is 1. The zero-order valence-electron chi connectivity index (χ0n) is 16.8. The van der Waals surface area contributed by atoms with Crippen LogP contribution in [0.15, 0.2) is 48.5 Å². The van der Waals surface area contributed by atoms with Crippen LogP contribution in [0.3, 0.4) is 0 Å². The minimum Gasteiger partial charge on any atom is -0.449 e. The number of halogens is 1. The molecule has 31 heavy (non-hydrogen) atoms. The van der Waals surface area contributed by atoms with Crippen molar-refractivity contribution in [1.82, 2.24) is 4.57 Å². The van der Waals surface area contributed by atoms with Crippen molar-refractivity contribution < 1.29 is 33.3 Å². The van der Waals surface area contributed by atoms with E-state index < -0.39 is 17.8 Å². The second kappa shape index (κ2) is 8.37. The maximum absolute atomic E-state index is 14.1. The summed E-state index contributed by atoms with van der Waals surface area (Å²) in [7, 11) is 0. The zero-order chi connectivity index (χ0) is 22.0. The number of nitrogens with zero attached hydrogens (tertiary/aromatic N) is 1. The number of fused-ring (bicyclic) bond motifs is 1. The van der Waals surface area contributed by atoms with Crippen molar-refractivity contribution in [2.24, 2.45) is 0 Å². The number of carbonyl (C=O) groups is 2. The van der Waals surface area contributed by atoms with Gasteiger partial charge in [0.15, 0.2) is 5.79 Å². The zero-order valence-corrected chi connectivity index (χ0v) is 16.8. The predicted octanol–water partition coefficient (Wildman–Crippen LogP) is 3.98. The van der Waals surface area contributed by atoms with Crippen LogP contribution < -0.4 is 10.1 Å². The molecule has 1 amide bonds. The Hall–Kier alpha value is -3.43. The second-order valence-electron chi connectivity index (χ2n) is 7.36. The second-order valence-corrected chi connectivity index (χ2v) is 7.36. The highest BCUT2D eigenvalue weighted by Crippen LogP contribution is 2.30. The molecule has 0 unspecified atom stereocenters. The SMILES string of the molecule is CC1(CC(=O)Nc2ccc3c(c2)cc(OC(=O)O)n3Cc2ccccc2F)OCCO1. The number of carbonyl (C=O) groups excluding carboxylic acids is 1. The number of carboxylic acid groups (broad SMARTS) is 1. The molecule has 8 nitrogen and oxygen atoms in total. The number of nitrogens with one attached hydrogen (secondary N) is 1. The molecule has 0 spiro atoms. The lowest BCUT2D eigenvalue weighted by Gasteiger charge is -2.21. The summed E-state index contributed by atoms with van der Waals surface area (Å²) in [5.41, 5.74) is 1.54. The quantitative estimate of drug-likeness (QED) is 0.577. The van der Waals surface area contributed by atoms with Gasteiger partial charge < -0.3 is 29.2 Å². The highest BCUT2D eigenvalue weighted by atomic mass is 19.1. The summed E-state index contributed by atoms with van der Waals surface area (Å²) >= 11 is 0. The Kier molecular flexibility index (Phi) is 5.62. The lowest BCUT2D eigenvalue weighted by atomic mass is 10.2. The van der Waals surface area contributed by atoms with Gasteiger partial charge in [0.2, 0.25) is 11.8 Å². The molecule has 1 aromatic heterocycles. The van der Waals surface area contributed by atoms with Gasteiger partial charge in [0.1, 0.15) is 5.82 Å². The Morgan fingerprint density at radius 3 is 2.65 bits per heavy atom. The van der Waals surface area contributed by atoms with Gasteiger partial charge in [-0.1, -0.05) is 18.2 Å². The van der Waals surface area contributed by atoms with Crippen LogP contribution in [-0.4, -0.2) is 40.7 Å². The molecule has 1 aliphatic heterocycles. The molecule has 1 fully saturated rings. The molecular formula is C22H21FN2O6. The molecule has 2 aromatic carbocycles. The number of rotatable bonds is 6. The summed E-state index contributed by atoms with van der Waals surface area (Å²) in [4.78, 5) is 23.5. The number of hydrogen-bond acceptors (Lipinski definition) is 5. The van der Waals surface area contributed by atoms with E-state index in [0.717, 1.165) is 0 Å². The van der Waals surface area contributed by atoms with Crippen LogP contribution in [0.4, 0.5) is 14.9 Å². The van der Waals surface area contributed by atoms with Crippen molar-refractivity contribution >= 4 is 28.7 Å². The van der Waals surface area contributed by atoms with E-state index in [4.69, 9.17) is 19.3 Å². The smallest absolute Gasteiger partial charge is 0.449 e. The molecule has 3 aromatic rings. The van der Waals surface area contributed by atoms with Gasteiger partial charge in [0.05, 0.1) is 31.7 Å². The summed E-state index contributed by atoms with van der Waals surface area (Å²) in [6.07, 6.45) is -1.44. The van der Waals surface area contributed by atoms with Gasteiger partial charge in [-0.2, -0.15) is 0 Å². The van der Waals surface area contributed by atoms with Gasteiger partial charge in [-0.25, -0.2) is 9.18 Å². The third kappa shape index (κ3) is 4.68. The first kappa shape index (κ1) is 20.8. The average molecular weight is 428 g/mol. The number of anilines is 1. The topological polar surface area (TPSA) is 99.0 Å². The van der Waals surface area contributed by atoms with Crippen LogP contribution in [0.5, 0.6) is 5.88 Å². The van der Waals surface area contributed by atoms with Gasteiger partial charge in [-0.15, -0.1) is 0 Å². The number of amides is 1. The van der Waals surface area contributed by atoms with Gasteiger partial charge in [0, 0.05) is 22.7 Å². The van der Waals surface area contributed by atoms with Crippen molar-refractivity contribution in [2.75, 3.05) is 18.5 Å². The summed E-state index contributed by atoms with van der Waals surface area (Å²) in [6, 6.07) is 12.9. The molecule has 2 N–H and O–H groups in total. The van der Waals surface area contributed by atoms with Crippen molar-refractivity contribution in [3.8, 4) is 5.88 Å². The van der Waals surface area contributed by atoms with Crippen LogP contribution in [0, 0.1) is 5.82 Å². The normalized spacial score (nSPS) is 15.2. The molecule has 9 heteroatoms. The van der Waals surface area contributed by atoms with Crippen molar-refractivity contribution in [2.45, 2.75) is 25.7 Å². The van der Waals surface area contributed by atoms with E-state index in [2.05, 4.69) is 5.32 Å². The Balaban J connectivity index is 1.61. The number of ether oxygens (including phenoxy) is 3. The first-order valence-corrected chi connectivity index (χ1v) is 9.68. The monoisotopic (exact) mass is 428 g/mol. The summed E-state index contributed by atoms with van der Waals surface area (Å²) in [6.45, 7) is 2.67. The Labute approximate surface area is 177 Å². The van der Waals surface area contributed by atoms with E-state index in [0.29, 0.717) is 35.4 Å². The molecule has 0 atom stereocenters. The minimum absolute atomic E-state index is 0.0344. The van der Waals surface area contributed by atoms with Gasteiger partial charge in [-0.05, 0) is 31.2 Å². The third-order valence-corrected chi connectivity index (χ3v) is 5.01. The van der Waals surface area contributed by atoms with E-state index in [1.165, 1.54) is 12.1 Å². The fourth-order valence-corrected chi connectivity index (χ4v) is 3.61. The predicted molar refractivity (Wildman–Crippen MR) is 110 cm³/mol. The molecular weight excluding hydrogens is 407 g/mol. The van der Waals surface area contributed by atoms with E-state index in [-0.39, 0.29) is 24.8 Å². The Morgan fingerprint density at radius 1 is 1.19 bits per heavy atom. The molecule has 162 valence electrons. The van der Waals surface area contributed by atoms with Crippen LogP contribution in [-0.2, 0) is 20.8 Å². The van der Waals surface area contributed by atoms with Crippen LogP contribution >= 0.6 is 0 Å². The molecule has 0 saturated carbocycles. The third-order valence-electron chi connectivity index (χ3n) is 5.01. The van der Waals surface area contributed by atoms with Gasteiger partial charge in [-0.3, -0.25) is 4.79 Å². The largest absolute Gasteiger partial charge is 0.512 e. The number of benzene rings is 2. The van der Waals surface area contributed by atoms with Crippen LogP contribution in [0.25, 0.3) is 10.9 Å². The van der Waals surface area contributed by atoms with E-state index in [1.54, 1.807) is 47.9 Å². The van der Waals surface area contributed by atoms with Crippen LogP contribution in [0.2, 0.25) is 0 Å². The van der Waals surface area contributed by atoms with Gasteiger partial charge in [0.25, 0.3) is 0 Å². The van der Waals surface area contributed by atoms with E-state index in [1.807, 2.05) is 0 Å². The highest BCUT2D eigenvalue weighted by Gasteiger charge is 2.33. The van der Waals surface area contributed by atoms with Crippen LogP contribution in [0.1, 0.15) is 18.9 Å². The molecule has 0 bridgehead atoms. The summed E-state index contributed by atoms with van der Waals surface area (Å²) in [5, 5.41) is 12.5. The molecule has 0 radical (unpaired) electrons. The maximum atomic E-state index is 14.1.